The zero-order valence-corrected chi connectivity index (χ0v) is 11.3. The van der Waals surface area contributed by atoms with Crippen molar-refractivity contribution in [3.05, 3.63) is 47.5 Å². The topological polar surface area (TPSA) is 76.0 Å². The first-order valence-corrected chi connectivity index (χ1v) is 6.07. The number of amides is 3. The molecule has 0 aliphatic rings. The molecule has 0 fully saturated rings. The number of rotatable bonds is 3. The van der Waals surface area contributed by atoms with Crippen LogP contribution in [0.3, 0.4) is 0 Å². The molecule has 2 rings (SSSR count). The van der Waals surface area contributed by atoms with Crippen molar-refractivity contribution in [1.82, 2.24) is 15.1 Å². The molecule has 1 heterocycles. The number of halogens is 3. The quantitative estimate of drug-likeness (QED) is 0.914. The number of aromatic nitrogens is 2. The van der Waals surface area contributed by atoms with Crippen LogP contribution in [0.1, 0.15) is 22.5 Å². The second-order valence-electron chi connectivity index (χ2n) is 4.29. The summed E-state index contributed by atoms with van der Waals surface area (Å²) in [5, 5.41) is 7.39. The summed E-state index contributed by atoms with van der Waals surface area (Å²) in [6.45, 7) is 0. The first-order valence-electron chi connectivity index (χ1n) is 6.07. The fraction of sp³-hybridized carbons (Fsp3) is 0.154. The zero-order chi connectivity index (χ0) is 16.3. The van der Waals surface area contributed by atoms with Crippen molar-refractivity contribution in [2.24, 2.45) is 7.05 Å². The monoisotopic (exact) mass is 312 g/mol. The number of imide groups is 1. The molecule has 2 aromatic rings. The number of hydrogen-bond donors (Lipinski definition) is 2. The first-order chi connectivity index (χ1) is 10.4. The maximum Gasteiger partial charge on any atom is 0.326 e. The van der Waals surface area contributed by atoms with Gasteiger partial charge in [-0.05, 0) is 12.1 Å². The minimum Gasteiger partial charge on any atom is -0.305 e. The van der Waals surface area contributed by atoms with Gasteiger partial charge in [0.25, 0.3) is 12.3 Å². The van der Waals surface area contributed by atoms with Gasteiger partial charge in [0, 0.05) is 13.2 Å². The predicted octanol–water partition coefficient (Wildman–Crippen LogP) is 2.46. The normalized spacial score (nSPS) is 10.6. The van der Waals surface area contributed by atoms with E-state index in [1.807, 2.05) is 5.32 Å². The average Bonchev–Trinajstić information content (AvgIpc) is 2.84. The molecule has 0 aliphatic heterocycles. The minimum atomic E-state index is -2.96. The Morgan fingerprint density at radius 3 is 2.59 bits per heavy atom. The first kappa shape index (κ1) is 15.5. The highest BCUT2D eigenvalue weighted by molar-refractivity contribution is 6.08. The Hall–Kier alpha value is -2.84. The van der Waals surface area contributed by atoms with Crippen molar-refractivity contribution in [2.75, 3.05) is 5.32 Å². The third kappa shape index (κ3) is 3.43. The summed E-state index contributed by atoms with van der Waals surface area (Å²) >= 11 is 0. The maximum atomic E-state index is 13.3. The molecule has 1 aromatic carbocycles. The second-order valence-corrected chi connectivity index (χ2v) is 4.29. The molecule has 6 nitrogen and oxygen atoms in total. The lowest BCUT2D eigenvalue weighted by molar-refractivity contribution is 0.0952. The molecule has 0 aliphatic carbocycles. The molecule has 116 valence electrons. The summed E-state index contributed by atoms with van der Waals surface area (Å²) in [5.74, 6) is -1.75. The smallest absolute Gasteiger partial charge is 0.305 e. The number of anilines is 1. The van der Waals surface area contributed by atoms with Crippen molar-refractivity contribution in [1.29, 1.82) is 0 Å². The van der Waals surface area contributed by atoms with Gasteiger partial charge in [-0.15, -0.1) is 0 Å². The van der Waals surface area contributed by atoms with Gasteiger partial charge in [0.2, 0.25) is 0 Å². The summed E-state index contributed by atoms with van der Waals surface area (Å²) < 4.78 is 39.8. The fourth-order valence-corrected chi connectivity index (χ4v) is 1.73. The van der Waals surface area contributed by atoms with Gasteiger partial charge in [-0.1, -0.05) is 12.1 Å². The van der Waals surface area contributed by atoms with Gasteiger partial charge in [-0.2, -0.15) is 5.10 Å². The summed E-state index contributed by atoms with van der Waals surface area (Å²) in [4.78, 5) is 23.4. The van der Waals surface area contributed by atoms with E-state index in [0.29, 0.717) is 0 Å². The molecule has 0 unspecified atom stereocenters. The van der Waals surface area contributed by atoms with Crippen molar-refractivity contribution in [3.8, 4) is 0 Å². The van der Waals surface area contributed by atoms with Crippen LogP contribution >= 0.6 is 0 Å². The van der Waals surface area contributed by atoms with E-state index in [9.17, 15) is 22.8 Å². The van der Waals surface area contributed by atoms with E-state index in [0.717, 1.165) is 16.9 Å². The van der Waals surface area contributed by atoms with E-state index in [1.165, 1.54) is 25.2 Å². The van der Waals surface area contributed by atoms with Crippen LogP contribution in [0, 0.1) is 5.82 Å². The number of nitrogens with one attached hydrogen (secondary N) is 2. The number of urea groups is 1. The Kier molecular flexibility index (Phi) is 4.44. The van der Waals surface area contributed by atoms with Crippen molar-refractivity contribution in [2.45, 2.75) is 6.43 Å². The maximum absolute atomic E-state index is 13.3. The molecule has 0 radical (unpaired) electrons. The van der Waals surface area contributed by atoms with Crippen molar-refractivity contribution >= 4 is 17.6 Å². The zero-order valence-electron chi connectivity index (χ0n) is 11.3. The lowest BCUT2D eigenvalue weighted by Gasteiger charge is -2.07. The number of nitrogens with zero attached hydrogens (tertiary/aromatic N) is 2. The van der Waals surface area contributed by atoms with Crippen LogP contribution in [-0.4, -0.2) is 21.7 Å². The Morgan fingerprint density at radius 2 is 1.95 bits per heavy atom. The Balaban J connectivity index is 2.09. The van der Waals surface area contributed by atoms with E-state index in [2.05, 4.69) is 10.4 Å². The molecule has 0 bridgehead atoms. The molecule has 0 atom stereocenters. The molecule has 9 heteroatoms. The van der Waals surface area contributed by atoms with E-state index >= 15 is 0 Å². The highest BCUT2D eigenvalue weighted by Crippen LogP contribution is 2.20. The van der Waals surface area contributed by atoms with E-state index in [4.69, 9.17) is 0 Å². The van der Waals surface area contributed by atoms with Gasteiger partial charge < -0.3 is 5.32 Å². The summed E-state index contributed by atoms with van der Waals surface area (Å²) in [6, 6.07) is 4.27. The molecule has 1 aromatic heterocycles. The fourth-order valence-electron chi connectivity index (χ4n) is 1.73. The molecule has 0 saturated heterocycles. The number of carbonyl (C=O) groups excluding carboxylic acids is 2. The molecule has 0 saturated carbocycles. The second kappa shape index (κ2) is 6.29. The number of carbonyl (C=O) groups is 2. The van der Waals surface area contributed by atoms with Crippen LogP contribution in [0.4, 0.5) is 23.7 Å². The van der Waals surface area contributed by atoms with Crippen LogP contribution in [0.25, 0.3) is 0 Å². The molecular formula is C13H11F3N4O2. The number of hydrogen-bond acceptors (Lipinski definition) is 3. The third-order valence-electron chi connectivity index (χ3n) is 2.66. The van der Waals surface area contributed by atoms with Gasteiger partial charge in [0.05, 0.1) is 11.3 Å². The van der Waals surface area contributed by atoms with E-state index in [1.54, 1.807) is 0 Å². The Bertz CT molecular complexity index is 715. The number of para-hydroxylation sites is 1. The Labute approximate surface area is 122 Å². The molecule has 2 N–H and O–H groups in total. The molecular weight excluding hydrogens is 301 g/mol. The molecule has 22 heavy (non-hydrogen) atoms. The minimum absolute atomic E-state index is 0.145. The molecule has 0 spiro atoms. The van der Waals surface area contributed by atoms with Crippen LogP contribution in [0.15, 0.2) is 30.5 Å². The van der Waals surface area contributed by atoms with Gasteiger partial charge >= 0.3 is 6.03 Å². The van der Waals surface area contributed by atoms with Crippen LogP contribution < -0.4 is 10.6 Å². The highest BCUT2D eigenvalue weighted by atomic mass is 19.3. The van der Waals surface area contributed by atoms with Gasteiger partial charge in [0.1, 0.15) is 11.5 Å². The highest BCUT2D eigenvalue weighted by Gasteiger charge is 2.23. The Morgan fingerprint density at radius 1 is 1.27 bits per heavy atom. The van der Waals surface area contributed by atoms with Crippen molar-refractivity contribution in [3.63, 3.8) is 0 Å². The van der Waals surface area contributed by atoms with Gasteiger partial charge in [-0.3, -0.25) is 14.8 Å². The van der Waals surface area contributed by atoms with Gasteiger partial charge in [-0.25, -0.2) is 18.0 Å². The summed E-state index contributed by atoms with van der Waals surface area (Å²) in [5.41, 5.74) is -1.31. The molecule has 3 amide bonds. The lowest BCUT2D eigenvalue weighted by Crippen LogP contribution is -2.34. The summed E-state index contributed by atoms with van der Waals surface area (Å²) in [6.07, 6.45) is -1.90. The third-order valence-corrected chi connectivity index (χ3v) is 2.66. The van der Waals surface area contributed by atoms with Gasteiger partial charge in [0.15, 0.2) is 0 Å². The van der Waals surface area contributed by atoms with Crippen LogP contribution in [-0.2, 0) is 7.05 Å². The number of aryl methyl sites for hydroxylation is 1. The average molecular weight is 312 g/mol. The SMILES string of the molecule is Cn1cc(C(=O)NC(=O)Nc2ccccc2F)c(C(F)F)n1. The van der Waals surface area contributed by atoms with E-state index < -0.39 is 35.4 Å². The predicted molar refractivity (Wildman–Crippen MR) is 71.0 cm³/mol. The van der Waals surface area contributed by atoms with E-state index in [-0.39, 0.29) is 5.69 Å². The lowest BCUT2D eigenvalue weighted by atomic mass is 10.2. The largest absolute Gasteiger partial charge is 0.326 e. The van der Waals surface area contributed by atoms with Crippen LogP contribution in [0.2, 0.25) is 0 Å². The number of benzene rings is 1. The van der Waals surface area contributed by atoms with Crippen LogP contribution in [0.5, 0.6) is 0 Å². The number of alkyl halides is 2. The standard InChI is InChI=1S/C13H11F3N4O2/c1-20-6-7(10(19-20)11(15)16)12(21)18-13(22)17-9-5-3-2-4-8(9)14/h2-6,11H,1H3,(H2,17,18,21,22). The van der Waals surface area contributed by atoms with Crippen molar-refractivity contribution < 1.29 is 22.8 Å². The summed E-state index contributed by atoms with van der Waals surface area (Å²) in [7, 11) is 1.36.